The Kier molecular flexibility index (Phi) is 3.55. The second kappa shape index (κ2) is 5.35. The quantitative estimate of drug-likeness (QED) is 0.770. The van der Waals surface area contributed by atoms with Gasteiger partial charge in [0.1, 0.15) is 0 Å². The Morgan fingerprint density at radius 1 is 1.05 bits per heavy atom. The predicted octanol–water partition coefficient (Wildman–Crippen LogP) is 3.46. The minimum absolute atomic E-state index is 0.0163. The number of carbonyl (C=O) groups is 1. The summed E-state index contributed by atoms with van der Waals surface area (Å²) < 4.78 is 0. The predicted molar refractivity (Wildman–Crippen MR) is 81.6 cm³/mol. The first kappa shape index (κ1) is 13.3. The topological polar surface area (TPSA) is 58.4 Å². The Morgan fingerprint density at radius 3 is 2.25 bits per heavy atom. The highest BCUT2D eigenvalue weighted by molar-refractivity contribution is 5.89. The van der Waals surface area contributed by atoms with Gasteiger partial charge in [0.05, 0.1) is 0 Å². The van der Waals surface area contributed by atoms with Crippen molar-refractivity contribution < 1.29 is 4.79 Å². The number of nitrogens with one attached hydrogen (secondary N) is 1. The fourth-order valence-corrected chi connectivity index (χ4v) is 3.58. The van der Waals surface area contributed by atoms with Gasteiger partial charge in [0.2, 0.25) is 0 Å². The Labute approximate surface area is 120 Å². The number of benzene rings is 1. The number of hydrogen-bond acceptors (Lipinski definition) is 2. The molecule has 1 aromatic rings. The van der Waals surface area contributed by atoms with Crippen LogP contribution in [-0.4, -0.2) is 24.0 Å². The molecule has 2 aliphatic rings. The Hall–Kier alpha value is -1.71. The molecular weight excluding hydrogens is 250 g/mol. The number of rotatable bonds is 1. The standard InChI is InChI=1S/C16H23N3O/c17-13-3-5-14(6-4-13)18-15(20)19-11-9-16(10-12-19)7-1-2-8-16/h3-6H,1-2,7-12,17H2,(H,18,20). The normalized spacial score (nSPS) is 21.1. The van der Waals surface area contributed by atoms with E-state index in [1.54, 1.807) is 12.1 Å². The number of amides is 2. The molecular formula is C16H23N3O. The summed E-state index contributed by atoms with van der Waals surface area (Å²) in [7, 11) is 0. The number of likely N-dealkylation sites (tertiary alicyclic amines) is 1. The third kappa shape index (κ3) is 2.74. The van der Waals surface area contributed by atoms with Crippen molar-refractivity contribution in [2.75, 3.05) is 24.1 Å². The first-order valence-electron chi connectivity index (χ1n) is 7.58. The summed E-state index contributed by atoms with van der Waals surface area (Å²) in [5.41, 5.74) is 7.72. The van der Waals surface area contributed by atoms with Gasteiger partial charge in [0.25, 0.3) is 0 Å². The highest BCUT2D eigenvalue weighted by Crippen LogP contribution is 2.46. The van der Waals surface area contributed by atoms with Crippen molar-refractivity contribution in [2.45, 2.75) is 38.5 Å². The summed E-state index contributed by atoms with van der Waals surface area (Å²) in [5, 5.41) is 2.95. The van der Waals surface area contributed by atoms with Gasteiger partial charge in [-0.1, -0.05) is 12.8 Å². The van der Waals surface area contributed by atoms with Crippen LogP contribution in [0.2, 0.25) is 0 Å². The van der Waals surface area contributed by atoms with E-state index in [2.05, 4.69) is 5.32 Å². The minimum atomic E-state index is 0.0163. The molecule has 2 fully saturated rings. The molecule has 0 aromatic heterocycles. The van der Waals surface area contributed by atoms with Gasteiger partial charge < -0.3 is 16.0 Å². The van der Waals surface area contributed by atoms with Crippen molar-refractivity contribution in [3.8, 4) is 0 Å². The molecule has 0 unspecified atom stereocenters. The third-order valence-corrected chi connectivity index (χ3v) is 4.94. The van der Waals surface area contributed by atoms with E-state index in [4.69, 9.17) is 5.73 Å². The van der Waals surface area contributed by atoms with E-state index in [1.165, 1.54) is 38.5 Å². The van der Waals surface area contributed by atoms with E-state index in [1.807, 2.05) is 17.0 Å². The zero-order chi connectivity index (χ0) is 14.0. The van der Waals surface area contributed by atoms with E-state index in [0.29, 0.717) is 11.1 Å². The molecule has 1 aromatic carbocycles. The lowest BCUT2D eigenvalue weighted by Crippen LogP contribution is -2.44. The summed E-state index contributed by atoms with van der Waals surface area (Å²) in [6.07, 6.45) is 7.81. The summed E-state index contributed by atoms with van der Waals surface area (Å²) in [4.78, 5) is 14.2. The maximum Gasteiger partial charge on any atom is 0.321 e. The van der Waals surface area contributed by atoms with Crippen LogP contribution in [0.15, 0.2) is 24.3 Å². The van der Waals surface area contributed by atoms with E-state index in [0.717, 1.165) is 18.8 Å². The molecule has 20 heavy (non-hydrogen) atoms. The maximum absolute atomic E-state index is 12.2. The number of nitrogens with two attached hydrogens (primary N) is 1. The van der Waals surface area contributed by atoms with Crippen LogP contribution in [0, 0.1) is 5.41 Å². The molecule has 1 heterocycles. The lowest BCUT2D eigenvalue weighted by Gasteiger charge is -2.39. The van der Waals surface area contributed by atoms with E-state index < -0.39 is 0 Å². The average Bonchev–Trinajstić information content (AvgIpc) is 2.90. The number of carbonyl (C=O) groups excluding carboxylic acids is 1. The van der Waals surface area contributed by atoms with Crippen LogP contribution in [0.3, 0.4) is 0 Å². The molecule has 0 bridgehead atoms. The van der Waals surface area contributed by atoms with Crippen LogP contribution in [0.4, 0.5) is 16.2 Å². The molecule has 1 aliphatic carbocycles. The SMILES string of the molecule is Nc1ccc(NC(=O)N2CCC3(CCCC3)CC2)cc1. The summed E-state index contributed by atoms with van der Waals surface area (Å²) >= 11 is 0. The number of nitrogens with zero attached hydrogens (tertiary/aromatic N) is 1. The number of nitrogen functional groups attached to an aromatic ring is 1. The van der Waals surface area contributed by atoms with Crippen LogP contribution in [0.25, 0.3) is 0 Å². The molecule has 3 rings (SSSR count). The first-order valence-corrected chi connectivity index (χ1v) is 7.58. The Morgan fingerprint density at radius 2 is 1.65 bits per heavy atom. The van der Waals surface area contributed by atoms with Crippen molar-refractivity contribution >= 4 is 17.4 Å². The molecule has 1 saturated carbocycles. The number of anilines is 2. The van der Waals surface area contributed by atoms with Gasteiger partial charge in [0.15, 0.2) is 0 Å². The lowest BCUT2D eigenvalue weighted by atomic mass is 9.77. The van der Waals surface area contributed by atoms with Crippen molar-refractivity contribution in [3.63, 3.8) is 0 Å². The number of urea groups is 1. The van der Waals surface area contributed by atoms with Gasteiger partial charge in [-0.25, -0.2) is 4.79 Å². The fourth-order valence-electron chi connectivity index (χ4n) is 3.58. The van der Waals surface area contributed by atoms with Crippen molar-refractivity contribution in [2.24, 2.45) is 5.41 Å². The first-order chi connectivity index (χ1) is 9.67. The van der Waals surface area contributed by atoms with Crippen molar-refractivity contribution in [1.82, 2.24) is 4.90 Å². The van der Waals surface area contributed by atoms with Gasteiger partial charge in [0, 0.05) is 24.5 Å². The molecule has 2 amide bonds. The van der Waals surface area contributed by atoms with Gasteiger partial charge in [-0.2, -0.15) is 0 Å². The highest BCUT2D eigenvalue weighted by Gasteiger charge is 2.37. The van der Waals surface area contributed by atoms with Crippen LogP contribution >= 0.6 is 0 Å². The average molecular weight is 273 g/mol. The summed E-state index contributed by atoms with van der Waals surface area (Å²) in [6.45, 7) is 1.78. The summed E-state index contributed by atoms with van der Waals surface area (Å²) in [5.74, 6) is 0. The van der Waals surface area contributed by atoms with Crippen molar-refractivity contribution in [1.29, 1.82) is 0 Å². The largest absolute Gasteiger partial charge is 0.399 e. The minimum Gasteiger partial charge on any atom is -0.399 e. The molecule has 4 heteroatoms. The zero-order valence-corrected chi connectivity index (χ0v) is 11.9. The Bertz CT molecular complexity index is 467. The fraction of sp³-hybridized carbons (Fsp3) is 0.562. The second-order valence-corrected chi connectivity index (χ2v) is 6.25. The third-order valence-electron chi connectivity index (χ3n) is 4.94. The maximum atomic E-state index is 12.2. The van der Waals surface area contributed by atoms with Gasteiger partial charge in [-0.05, 0) is 55.4 Å². The monoisotopic (exact) mass is 273 g/mol. The molecule has 1 spiro atoms. The highest BCUT2D eigenvalue weighted by atomic mass is 16.2. The van der Waals surface area contributed by atoms with Crippen LogP contribution in [-0.2, 0) is 0 Å². The van der Waals surface area contributed by atoms with E-state index in [9.17, 15) is 4.79 Å². The molecule has 108 valence electrons. The number of hydrogen-bond donors (Lipinski definition) is 2. The van der Waals surface area contributed by atoms with E-state index in [-0.39, 0.29) is 6.03 Å². The molecule has 0 radical (unpaired) electrons. The Balaban J connectivity index is 1.55. The number of piperidine rings is 1. The molecule has 0 atom stereocenters. The molecule has 1 aliphatic heterocycles. The van der Waals surface area contributed by atoms with Gasteiger partial charge >= 0.3 is 6.03 Å². The van der Waals surface area contributed by atoms with Crippen molar-refractivity contribution in [3.05, 3.63) is 24.3 Å². The van der Waals surface area contributed by atoms with Crippen LogP contribution in [0.1, 0.15) is 38.5 Å². The van der Waals surface area contributed by atoms with Crippen LogP contribution in [0.5, 0.6) is 0 Å². The van der Waals surface area contributed by atoms with Gasteiger partial charge in [-0.15, -0.1) is 0 Å². The van der Waals surface area contributed by atoms with Gasteiger partial charge in [-0.3, -0.25) is 0 Å². The smallest absolute Gasteiger partial charge is 0.321 e. The molecule has 3 N–H and O–H groups in total. The van der Waals surface area contributed by atoms with Crippen LogP contribution < -0.4 is 11.1 Å². The van der Waals surface area contributed by atoms with E-state index >= 15 is 0 Å². The summed E-state index contributed by atoms with van der Waals surface area (Å²) in [6, 6.07) is 7.31. The zero-order valence-electron chi connectivity index (χ0n) is 11.9. The molecule has 4 nitrogen and oxygen atoms in total. The lowest BCUT2D eigenvalue weighted by molar-refractivity contribution is 0.127. The second-order valence-electron chi connectivity index (χ2n) is 6.25. The molecule has 1 saturated heterocycles.